The summed E-state index contributed by atoms with van der Waals surface area (Å²) < 4.78 is 0. The zero-order valence-electron chi connectivity index (χ0n) is 15.0. The maximum atomic E-state index is 12.5. The smallest absolute Gasteiger partial charge is 0.317 e. The largest absolute Gasteiger partial charge is 0.480 e. The van der Waals surface area contributed by atoms with Gasteiger partial charge < -0.3 is 15.3 Å². The van der Waals surface area contributed by atoms with E-state index in [4.69, 9.17) is 5.11 Å². The molecule has 0 aromatic heterocycles. The number of amides is 2. The van der Waals surface area contributed by atoms with Crippen molar-refractivity contribution in [1.29, 1.82) is 0 Å². The SMILES string of the molecule is CCN(CC(=O)O)C1CC(NC(=O)N2CC(C)(C)C2C(C)C)C1. The lowest BCUT2D eigenvalue weighted by Gasteiger charge is -2.56. The number of likely N-dealkylation sites (tertiary alicyclic amines) is 1. The fourth-order valence-electron chi connectivity index (χ4n) is 4.33. The normalized spacial score (nSPS) is 29.2. The third-order valence-electron chi connectivity index (χ3n) is 5.31. The quantitative estimate of drug-likeness (QED) is 0.783. The van der Waals surface area contributed by atoms with Gasteiger partial charge in [0.1, 0.15) is 0 Å². The molecule has 2 amide bonds. The minimum atomic E-state index is -0.790. The second-order valence-electron chi connectivity index (χ2n) is 8.03. The predicted molar refractivity (Wildman–Crippen MR) is 89.3 cm³/mol. The summed E-state index contributed by atoms with van der Waals surface area (Å²) in [5.41, 5.74) is 0.189. The number of carbonyl (C=O) groups is 2. The van der Waals surface area contributed by atoms with Gasteiger partial charge in [0.05, 0.1) is 6.54 Å². The number of hydrogen-bond donors (Lipinski definition) is 2. The molecule has 2 N–H and O–H groups in total. The molecule has 132 valence electrons. The van der Waals surface area contributed by atoms with Crippen LogP contribution in [-0.2, 0) is 4.79 Å². The van der Waals surface area contributed by atoms with Crippen molar-refractivity contribution < 1.29 is 14.7 Å². The van der Waals surface area contributed by atoms with Gasteiger partial charge in [0.15, 0.2) is 0 Å². The van der Waals surface area contributed by atoms with Gasteiger partial charge in [-0.15, -0.1) is 0 Å². The van der Waals surface area contributed by atoms with Crippen LogP contribution in [0.3, 0.4) is 0 Å². The van der Waals surface area contributed by atoms with Gasteiger partial charge in [-0.3, -0.25) is 9.69 Å². The van der Waals surface area contributed by atoms with E-state index in [0.717, 1.165) is 25.9 Å². The molecule has 2 fully saturated rings. The summed E-state index contributed by atoms with van der Waals surface area (Å²) in [6.45, 7) is 12.3. The number of rotatable bonds is 6. The number of urea groups is 1. The average Bonchev–Trinajstić information content (AvgIpc) is 2.36. The topological polar surface area (TPSA) is 72.9 Å². The highest BCUT2D eigenvalue weighted by atomic mass is 16.4. The summed E-state index contributed by atoms with van der Waals surface area (Å²) in [7, 11) is 0. The highest BCUT2D eigenvalue weighted by Gasteiger charge is 2.50. The summed E-state index contributed by atoms with van der Waals surface area (Å²) in [4.78, 5) is 27.2. The number of hydrogen-bond acceptors (Lipinski definition) is 3. The number of likely N-dealkylation sites (N-methyl/N-ethyl adjacent to an activating group) is 1. The average molecular weight is 325 g/mol. The molecule has 1 atom stereocenters. The van der Waals surface area contributed by atoms with E-state index in [9.17, 15) is 9.59 Å². The van der Waals surface area contributed by atoms with Crippen LogP contribution in [-0.4, -0.2) is 64.7 Å². The summed E-state index contributed by atoms with van der Waals surface area (Å²) in [6, 6.07) is 0.771. The summed E-state index contributed by atoms with van der Waals surface area (Å²) in [5.74, 6) is -0.341. The molecule has 1 unspecified atom stereocenters. The zero-order chi connectivity index (χ0) is 17.4. The first-order valence-corrected chi connectivity index (χ1v) is 8.68. The zero-order valence-corrected chi connectivity index (χ0v) is 15.0. The van der Waals surface area contributed by atoms with Crippen molar-refractivity contribution in [1.82, 2.24) is 15.1 Å². The molecule has 0 radical (unpaired) electrons. The van der Waals surface area contributed by atoms with E-state index in [0.29, 0.717) is 5.92 Å². The molecule has 0 spiro atoms. The molecular weight excluding hydrogens is 294 g/mol. The molecule has 1 aliphatic heterocycles. The monoisotopic (exact) mass is 325 g/mol. The Kier molecular flexibility index (Phi) is 5.23. The Labute approximate surface area is 139 Å². The first-order chi connectivity index (χ1) is 10.7. The fraction of sp³-hybridized carbons (Fsp3) is 0.882. The first kappa shape index (κ1) is 18.0. The maximum absolute atomic E-state index is 12.5. The van der Waals surface area contributed by atoms with Crippen molar-refractivity contribution in [2.45, 2.75) is 65.6 Å². The van der Waals surface area contributed by atoms with Crippen molar-refractivity contribution in [2.24, 2.45) is 11.3 Å². The Morgan fingerprint density at radius 2 is 1.96 bits per heavy atom. The summed E-state index contributed by atoms with van der Waals surface area (Å²) in [5, 5.41) is 12.0. The fourth-order valence-corrected chi connectivity index (χ4v) is 4.33. The van der Waals surface area contributed by atoms with Crippen molar-refractivity contribution in [2.75, 3.05) is 19.6 Å². The first-order valence-electron chi connectivity index (χ1n) is 8.68. The van der Waals surface area contributed by atoms with Gasteiger partial charge in [-0.25, -0.2) is 4.79 Å². The van der Waals surface area contributed by atoms with Crippen molar-refractivity contribution >= 4 is 12.0 Å². The van der Waals surface area contributed by atoms with Gasteiger partial charge in [-0.2, -0.15) is 0 Å². The van der Waals surface area contributed by atoms with Gasteiger partial charge in [-0.1, -0.05) is 34.6 Å². The van der Waals surface area contributed by atoms with E-state index in [-0.39, 0.29) is 36.1 Å². The van der Waals surface area contributed by atoms with Crippen molar-refractivity contribution in [3.8, 4) is 0 Å². The molecule has 0 bridgehead atoms. The third-order valence-corrected chi connectivity index (χ3v) is 5.31. The van der Waals surface area contributed by atoms with Crippen molar-refractivity contribution in [3.63, 3.8) is 0 Å². The van der Waals surface area contributed by atoms with E-state index in [1.807, 2.05) is 16.7 Å². The van der Waals surface area contributed by atoms with E-state index in [1.165, 1.54) is 0 Å². The third kappa shape index (κ3) is 3.79. The highest BCUT2D eigenvalue weighted by molar-refractivity contribution is 5.76. The van der Waals surface area contributed by atoms with Crippen LogP contribution in [0.4, 0.5) is 4.79 Å². The summed E-state index contributed by atoms with van der Waals surface area (Å²) in [6.07, 6.45) is 1.69. The van der Waals surface area contributed by atoms with Gasteiger partial charge in [0.2, 0.25) is 0 Å². The Balaban J connectivity index is 1.79. The van der Waals surface area contributed by atoms with Gasteiger partial charge >= 0.3 is 12.0 Å². The van der Waals surface area contributed by atoms with Crippen LogP contribution in [0.1, 0.15) is 47.5 Å². The minimum Gasteiger partial charge on any atom is -0.480 e. The minimum absolute atomic E-state index is 0.0350. The second-order valence-corrected chi connectivity index (χ2v) is 8.03. The lowest BCUT2D eigenvalue weighted by atomic mass is 9.70. The molecule has 1 heterocycles. The molecular formula is C17H31N3O3. The molecule has 2 rings (SSSR count). The molecule has 2 aliphatic rings. The van der Waals surface area contributed by atoms with Crippen LogP contribution in [0.15, 0.2) is 0 Å². The van der Waals surface area contributed by atoms with E-state index >= 15 is 0 Å². The van der Waals surface area contributed by atoms with E-state index in [2.05, 4.69) is 33.0 Å². The van der Waals surface area contributed by atoms with Crippen LogP contribution in [0, 0.1) is 11.3 Å². The number of carboxylic acid groups (broad SMARTS) is 1. The molecule has 1 saturated carbocycles. The number of nitrogens with zero attached hydrogens (tertiary/aromatic N) is 2. The van der Waals surface area contributed by atoms with Crippen LogP contribution in [0.2, 0.25) is 0 Å². The molecule has 1 aliphatic carbocycles. The maximum Gasteiger partial charge on any atom is 0.317 e. The van der Waals surface area contributed by atoms with Crippen molar-refractivity contribution in [3.05, 3.63) is 0 Å². The summed E-state index contributed by atoms with van der Waals surface area (Å²) >= 11 is 0. The molecule has 1 saturated heterocycles. The molecule has 0 aromatic carbocycles. The Hall–Kier alpha value is -1.30. The van der Waals surface area contributed by atoms with Crippen LogP contribution in [0.25, 0.3) is 0 Å². The molecule has 6 nitrogen and oxygen atoms in total. The van der Waals surface area contributed by atoms with Gasteiger partial charge in [0, 0.05) is 30.1 Å². The Morgan fingerprint density at radius 3 is 2.39 bits per heavy atom. The lowest BCUT2D eigenvalue weighted by Crippen LogP contribution is -2.69. The number of nitrogens with one attached hydrogen (secondary N) is 1. The van der Waals surface area contributed by atoms with E-state index < -0.39 is 5.97 Å². The van der Waals surface area contributed by atoms with Crippen LogP contribution < -0.4 is 5.32 Å². The number of carboxylic acids is 1. The Morgan fingerprint density at radius 1 is 1.35 bits per heavy atom. The molecule has 23 heavy (non-hydrogen) atoms. The van der Waals surface area contributed by atoms with Gasteiger partial charge in [-0.05, 0) is 25.3 Å². The lowest BCUT2D eigenvalue weighted by molar-refractivity contribution is -0.139. The predicted octanol–water partition coefficient (Wildman–Crippen LogP) is 2.00. The van der Waals surface area contributed by atoms with Crippen LogP contribution in [0.5, 0.6) is 0 Å². The van der Waals surface area contributed by atoms with Crippen LogP contribution >= 0.6 is 0 Å². The molecule has 0 aromatic rings. The number of aliphatic carboxylic acids is 1. The second kappa shape index (κ2) is 6.67. The standard InChI is InChI=1S/C17H31N3O3/c1-6-19(9-14(21)22)13-7-12(8-13)18-16(23)20-10-17(4,5)15(20)11(2)3/h11-13,15H,6-10H2,1-5H3,(H,18,23)(H,21,22). The molecule has 6 heteroatoms. The van der Waals surface area contributed by atoms with Gasteiger partial charge in [0.25, 0.3) is 0 Å². The number of carbonyl (C=O) groups excluding carboxylic acids is 1. The highest BCUT2D eigenvalue weighted by Crippen LogP contribution is 2.41. The Bertz CT molecular complexity index is 458. The van der Waals surface area contributed by atoms with E-state index in [1.54, 1.807) is 0 Å².